The van der Waals surface area contributed by atoms with Crippen molar-refractivity contribution in [3.8, 4) is 0 Å². The highest BCUT2D eigenvalue weighted by Gasteiger charge is 2.28. The quantitative estimate of drug-likeness (QED) is 0.719. The Kier molecular flexibility index (Phi) is 4.17. The Labute approximate surface area is 122 Å². The fraction of sp³-hybridized carbons (Fsp3) is 0.385. The van der Waals surface area contributed by atoms with Gasteiger partial charge in [-0.1, -0.05) is 6.07 Å². The van der Waals surface area contributed by atoms with Crippen molar-refractivity contribution in [3.05, 3.63) is 29.8 Å². The van der Waals surface area contributed by atoms with Crippen molar-refractivity contribution in [2.45, 2.75) is 31.1 Å². The van der Waals surface area contributed by atoms with E-state index >= 15 is 0 Å². The van der Waals surface area contributed by atoms with Crippen LogP contribution in [-0.2, 0) is 14.8 Å². The van der Waals surface area contributed by atoms with Crippen molar-refractivity contribution < 1.29 is 23.1 Å². The van der Waals surface area contributed by atoms with E-state index in [1.54, 1.807) is 6.07 Å². The summed E-state index contributed by atoms with van der Waals surface area (Å²) in [5.74, 6) is -1.71. The molecule has 0 aromatic heterocycles. The molecule has 1 fully saturated rings. The van der Waals surface area contributed by atoms with Crippen LogP contribution in [0, 0.1) is 0 Å². The number of carbonyl (C=O) groups excluding carboxylic acids is 1. The number of benzene rings is 1. The van der Waals surface area contributed by atoms with Gasteiger partial charge in [0.25, 0.3) is 5.91 Å². The molecular weight excluding hydrogens is 296 g/mol. The van der Waals surface area contributed by atoms with Gasteiger partial charge in [-0.25, -0.2) is 8.42 Å². The lowest BCUT2D eigenvalue weighted by Gasteiger charge is -2.12. The van der Waals surface area contributed by atoms with E-state index in [0.29, 0.717) is 5.56 Å². The first-order valence-corrected chi connectivity index (χ1v) is 7.99. The highest BCUT2D eigenvalue weighted by atomic mass is 32.2. The number of anilines is 1. The predicted molar refractivity (Wildman–Crippen MR) is 76.6 cm³/mol. The molecule has 0 saturated heterocycles. The molecule has 1 atom stereocenters. The molecule has 1 aromatic rings. The number of sulfonamides is 1. The molecule has 0 bridgehead atoms. The number of amides is 1. The van der Waals surface area contributed by atoms with Crippen molar-refractivity contribution in [1.82, 2.24) is 5.32 Å². The van der Waals surface area contributed by atoms with E-state index < -0.39 is 21.2 Å². The van der Waals surface area contributed by atoms with Crippen molar-refractivity contribution >= 4 is 27.6 Å². The first-order chi connectivity index (χ1) is 9.79. The fourth-order valence-electron chi connectivity index (χ4n) is 1.61. The molecule has 1 aromatic carbocycles. The summed E-state index contributed by atoms with van der Waals surface area (Å²) in [6, 6.07) is 6.13. The van der Waals surface area contributed by atoms with E-state index in [9.17, 15) is 18.0 Å². The molecule has 114 valence electrons. The van der Waals surface area contributed by atoms with Crippen LogP contribution in [0.5, 0.6) is 0 Å². The Morgan fingerprint density at radius 3 is 2.57 bits per heavy atom. The molecule has 3 N–H and O–H groups in total. The van der Waals surface area contributed by atoms with E-state index in [2.05, 4.69) is 10.0 Å². The minimum absolute atomic E-state index is 0.159. The number of nitrogens with one attached hydrogen (secondary N) is 2. The summed E-state index contributed by atoms with van der Waals surface area (Å²) in [6.45, 7) is 1.08. The highest BCUT2D eigenvalue weighted by molar-refractivity contribution is 7.94. The van der Waals surface area contributed by atoms with Crippen LogP contribution < -0.4 is 10.0 Å². The highest BCUT2D eigenvalue weighted by Crippen LogP contribution is 2.20. The van der Waals surface area contributed by atoms with Crippen molar-refractivity contribution in [2.75, 3.05) is 4.72 Å². The summed E-state index contributed by atoms with van der Waals surface area (Å²) < 4.78 is 25.8. The van der Waals surface area contributed by atoms with Gasteiger partial charge in [0.1, 0.15) is 0 Å². The average molecular weight is 312 g/mol. The maximum atomic E-state index is 11.9. The molecule has 8 heteroatoms. The van der Waals surface area contributed by atoms with Gasteiger partial charge in [0, 0.05) is 17.3 Å². The van der Waals surface area contributed by atoms with E-state index in [-0.39, 0.29) is 17.6 Å². The topological polar surface area (TPSA) is 113 Å². The lowest BCUT2D eigenvalue weighted by molar-refractivity contribution is -0.136. The Morgan fingerprint density at radius 1 is 1.33 bits per heavy atom. The SMILES string of the molecule is CC(C(=O)O)S(=O)(=O)Nc1cccc(C(=O)NC2CC2)c1. The number of carboxylic acid groups (broad SMARTS) is 1. The third-order valence-corrected chi connectivity index (χ3v) is 4.76. The second-order valence-electron chi connectivity index (χ2n) is 4.96. The molecular formula is C13H16N2O5S. The van der Waals surface area contributed by atoms with Crippen LogP contribution >= 0.6 is 0 Å². The lowest BCUT2D eigenvalue weighted by atomic mass is 10.2. The fourth-order valence-corrected chi connectivity index (χ4v) is 2.50. The van der Waals surface area contributed by atoms with Gasteiger partial charge in [0.15, 0.2) is 5.25 Å². The number of carboxylic acids is 1. The molecule has 21 heavy (non-hydrogen) atoms. The second kappa shape index (κ2) is 5.72. The van der Waals surface area contributed by atoms with E-state index in [1.165, 1.54) is 18.2 Å². The summed E-state index contributed by atoms with van der Waals surface area (Å²) in [7, 11) is -4.05. The minimum atomic E-state index is -4.05. The predicted octanol–water partition coefficient (Wildman–Crippen LogP) is 0.794. The first kappa shape index (κ1) is 15.3. The molecule has 1 saturated carbocycles. The van der Waals surface area contributed by atoms with Crippen LogP contribution in [0.15, 0.2) is 24.3 Å². The molecule has 1 unspecified atom stereocenters. The Bertz CT molecular complexity index is 667. The average Bonchev–Trinajstić information content (AvgIpc) is 3.21. The summed E-state index contributed by atoms with van der Waals surface area (Å²) in [5, 5.41) is 9.97. The summed E-state index contributed by atoms with van der Waals surface area (Å²) in [5.41, 5.74) is 0.483. The van der Waals surface area contributed by atoms with E-state index in [4.69, 9.17) is 5.11 Å². The third-order valence-electron chi connectivity index (χ3n) is 3.11. The monoisotopic (exact) mass is 312 g/mol. The zero-order valence-electron chi connectivity index (χ0n) is 11.4. The summed E-state index contributed by atoms with van der Waals surface area (Å²) in [6.07, 6.45) is 1.91. The van der Waals surface area contributed by atoms with Gasteiger partial charge >= 0.3 is 5.97 Å². The number of carbonyl (C=O) groups is 2. The molecule has 1 aliphatic rings. The van der Waals surface area contributed by atoms with Gasteiger partial charge in [-0.2, -0.15) is 0 Å². The Morgan fingerprint density at radius 2 is 2.00 bits per heavy atom. The van der Waals surface area contributed by atoms with Crippen LogP contribution in [-0.4, -0.2) is 36.7 Å². The van der Waals surface area contributed by atoms with Crippen molar-refractivity contribution in [1.29, 1.82) is 0 Å². The normalized spacial score (nSPS) is 16.0. The molecule has 0 aliphatic heterocycles. The van der Waals surface area contributed by atoms with E-state index in [0.717, 1.165) is 19.8 Å². The zero-order chi connectivity index (χ0) is 15.6. The van der Waals surface area contributed by atoms with Crippen LogP contribution in [0.25, 0.3) is 0 Å². The number of hydrogen-bond donors (Lipinski definition) is 3. The molecule has 1 amide bonds. The summed E-state index contributed by atoms with van der Waals surface area (Å²) >= 11 is 0. The van der Waals surface area contributed by atoms with Gasteiger partial charge in [0.05, 0.1) is 0 Å². The van der Waals surface area contributed by atoms with Crippen LogP contribution in [0.1, 0.15) is 30.1 Å². The van der Waals surface area contributed by atoms with Crippen LogP contribution in [0.2, 0.25) is 0 Å². The number of aliphatic carboxylic acids is 1. The molecule has 1 aliphatic carbocycles. The molecule has 0 heterocycles. The lowest BCUT2D eigenvalue weighted by Crippen LogP contribution is -2.32. The van der Waals surface area contributed by atoms with Crippen molar-refractivity contribution in [2.24, 2.45) is 0 Å². The third kappa shape index (κ3) is 3.94. The minimum Gasteiger partial charge on any atom is -0.480 e. The van der Waals surface area contributed by atoms with Crippen molar-refractivity contribution in [3.63, 3.8) is 0 Å². The second-order valence-corrected chi connectivity index (χ2v) is 6.96. The molecule has 0 spiro atoms. The smallest absolute Gasteiger partial charge is 0.323 e. The number of hydrogen-bond acceptors (Lipinski definition) is 4. The molecule has 0 radical (unpaired) electrons. The maximum Gasteiger partial charge on any atom is 0.323 e. The van der Waals surface area contributed by atoms with Crippen LogP contribution in [0.3, 0.4) is 0 Å². The van der Waals surface area contributed by atoms with Gasteiger partial charge < -0.3 is 10.4 Å². The first-order valence-electron chi connectivity index (χ1n) is 6.45. The van der Waals surface area contributed by atoms with E-state index in [1.807, 2.05) is 0 Å². The summed E-state index contributed by atoms with van der Waals surface area (Å²) in [4.78, 5) is 22.6. The Balaban J connectivity index is 2.13. The van der Waals surface area contributed by atoms with Gasteiger partial charge in [-0.3, -0.25) is 14.3 Å². The van der Waals surface area contributed by atoms with Gasteiger partial charge in [-0.15, -0.1) is 0 Å². The Hall–Kier alpha value is -2.09. The molecule has 7 nitrogen and oxygen atoms in total. The number of rotatable bonds is 6. The standard InChI is InChI=1S/C13H16N2O5S/c1-8(13(17)18)21(19,20)15-11-4-2-3-9(7-11)12(16)14-10-5-6-10/h2-4,7-8,10,15H,5-6H2,1H3,(H,14,16)(H,17,18). The van der Waals surface area contributed by atoms with Gasteiger partial charge in [-0.05, 0) is 38.0 Å². The van der Waals surface area contributed by atoms with Gasteiger partial charge in [0.2, 0.25) is 10.0 Å². The zero-order valence-corrected chi connectivity index (χ0v) is 12.2. The maximum absolute atomic E-state index is 11.9. The largest absolute Gasteiger partial charge is 0.480 e. The molecule has 2 rings (SSSR count). The van der Waals surface area contributed by atoms with Crippen LogP contribution in [0.4, 0.5) is 5.69 Å².